The maximum atomic E-state index is 12.0. The van der Waals surface area contributed by atoms with E-state index in [-0.39, 0.29) is 5.63 Å². The Labute approximate surface area is 163 Å². The molecule has 0 aliphatic carbocycles. The molecule has 0 spiro atoms. The van der Waals surface area contributed by atoms with Gasteiger partial charge in [0, 0.05) is 55.9 Å². The topological polar surface area (TPSA) is 55.2 Å². The molecule has 2 heterocycles. The van der Waals surface area contributed by atoms with Crippen LogP contribution in [0.4, 0.5) is 5.69 Å². The third-order valence-corrected chi connectivity index (χ3v) is 5.24. The molecule has 1 saturated heterocycles. The van der Waals surface area contributed by atoms with Gasteiger partial charge in [-0.15, -0.1) is 0 Å². The number of anilines is 1. The number of hydrogen-bond acceptors (Lipinski definition) is 6. The Morgan fingerprint density at radius 2 is 1.57 bits per heavy atom. The number of benzene rings is 2. The minimum Gasteiger partial charge on any atom is -0.497 e. The van der Waals surface area contributed by atoms with Crippen molar-refractivity contribution in [1.29, 1.82) is 0 Å². The van der Waals surface area contributed by atoms with Gasteiger partial charge in [0.1, 0.15) is 17.1 Å². The summed E-state index contributed by atoms with van der Waals surface area (Å²) in [5, 5.41) is 0.956. The number of nitrogens with zero attached hydrogens (tertiary/aromatic N) is 2. The van der Waals surface area contributed by atoms with Gasteiger partial charge in [-0.25, -0.2) is 4.79 Å². The minimum absolute atomic E-state index is 0.326. The average Bonchev–Trinajstić information content (AvgIpc) is 2.74. The lowest BCUT2D eigenvalue weighted by atomic mass is 10.1. The molecule has 3 aromatic rings. The Morgan fingerprint density at radius 1 is 0.893 bits per heavy atom. The average molecular weight is 380 g/mol. The van der Waals surface area contributed by atoms with E-state index < -0.39 is 0 Å². The van der Waals surface area contributed by atoms with E-state index in [1.54, 1.807) is 26.4 Å². The van der Waals surface area contributed by atoms with E-state index in [1.165, 1.54) is 5.69 Å². The van der Waals surface area contributed by atoms with Gasteiger partial charge >= 0.3 is 5.63 Å². The van der Waals surface area contributed by atoms with Crippen LogP contribution in [0.25, 0.3) is 11.0 Å². The molecule has 0 saturated carbocycles. The molecular formula is C22H24N2O4. The second-order valence-electron chi connectivity index (χ2n) is 6.91. The zero-order chi connectivity index (χ0) is 19.5. The molecule has 0 N–H and O–H groups in total. The highest BCUT2D eigenvalue weighted by Crippen LogP contribution is 2.25. The molecule has 6 heteroatoms. The Morgan fingerprint density at radius 3 is 2.25 bits per heavy atom. The summed E-state index contributed by atoms with van der Waals surface area (Å²) in [6.07, 6.45) is 0. The molecule has 1 aromatic heterocycles. The second-order valence-corrected chi connectivity index (χ2v) is 6.91. The Kier molecular flexibility index (Phi) is 5.21. The van der Waals surface area contributed by atoms with Crippen molar-refractivity contribution >= 4 is 16.7 Å². The summed E-state index contributed by atoms with van der Waals surface area (Å²) in [5.41, 5.74) is 2.44. The molecule has 2 aromatic carbocycles. The summed E-state index contributed by atoms with van der Waals surface area (Å²) in [7, 11) is 3.28. The first kappa shape index (κ1) is 18.4. The number of methoxy groups -OCH3 is 2. The van der Waals surface area contributed by atoms with Gasteiger partial charge in [0.15, 0.2) is 0 Å². The van der Waals surface area contributed by atoms with Gasteiger partial charge in [-0.3, -0.25) is 4.90 Å². The number of piperazine rings is 1. The van der Waals surface area contributed by atoms with Crippen LogP contribution >= 0.6 is 0 Å². The summed E-state index contributed by atoms with van der Waals surface area (Å²) in [6, 6.07) is 15.4. The predicted molar refractivity (Wildman–Crippen MR) is 110 cm³/mol. The largest absolute Gasteiger partial charge is 0.497 e. The van der Waals surface area contributed by atoms with E-state index in [1.807, 2.05) is 24.3 Å². The van der Waals surface area contributed by atoms with Crippen LogP contribution in [0.15, 0.2) is 57.7 Å². The van der Waals surface area contributed by atoms with E-state index in [4.69, 9.17) is 13.9 Å². The number of rotatable bonds is 5. The molecule has 4 rings (SSSR count). The van der Waals surface area contributed by atoms with Crippen molar-refractivity contribution < 1.29 is 13.9 Å². The maximum Gasteiger partial charge on any atom is 0.336 e. The number of fused-ring (bicyclic) bond motifs is 1. The summed E-state index contributed by atoms with van der Waals surface area (Å²) in [6.45, 7) is 4.48. The minimum atomic E-state index is -0.326. The first-order valence-corrected chi connectivity index (χ1v) is 9.38. The molecule has 1 fully saturated rings. The highest BCUT2D eigenvalue weighted by molar-refractivity contribution is 5.81. The Balaban J connectivity index is 1.46. The Hall–Kier alpha value is -2.99. The smallest absolute Gasteiger partial charge is 0.336 e. The van der Waals surface area contributed by atoms with Gasteiger partial charge < -0.3 is 18.8 Å². The van der Waals surface area contributed by atoms with Crippen molar-refractivity contribution in [3.63, 3.8) is 0 Å². The van der Waals surface area contributed by atoms with E-state index in [2.05, 4.69) is 21.9 Å². The molecule has 1 aliphatic heterocycles. The molecule has 0 amide bonds. The molecule has 0 unspecified atom stereocenters. The van der Waals surface area contributed by atoms with Gasteiger partial charge in [-0.05, 0) is 42.0 Å². The Bertz CT molecular complexity index is 1010. The van der Waals surface area contributed by atoms with Gasteiger partial charge in [0.25, 0.3) is 0 Å². The molecule has 0 atom stereocenters. The number of hydrogen-bond donors (Lipinski definition) is 0. The summed E-state index contributed by atoms with van der Waals surface area (Å²) in [4.78, 5) is 16.7. The highest BCUT2D eigenvalue weighted by Gasteiger charge is 2.19. The van der Waals surface area contributed by atoms with E-state index in [0.29, 0.717) is 11.3 Å². The normalized spacial score (nSPS) is 15.0. The van der Waals surface area contributed by atoms with Gasteiger partial charge in [0.05, 0.1) is 14.2 Å². The summed E-state index contributed by atoms with van der Waals surface area (Å²) in [5.74, 6) is 1.55. The third-order valence-electron chi connectivity index (χ3n) is 5.24. The summed E-state index contributed by atoms with van der Waals surface area (Å²) < 4.78 is 15.8. The highest BCUT2D eigenvalue weighted by atomic mass is 16.5. The van der Waals surface area contributed by atoms with Crippen molar-refractivity contribution in [2.45, 2.75) is 6.54 Å². The van der Waals surface area contributed by atoms with Crippen molar-refractivity contribution in [1.82, 2.24) is 4.90 Å². The van der Waals surface area contributed by atoms with Crippen LogP contribution in [0.3, 0.4) is 0 Å². The van der Waals surface area contributed by atoms with Crippen LogP contribution in [0.1, 0.15) is 5.56 Å². The van der Waals surface area contributed by atoms with Crippen molar-refractivity contribution in [2.24, 2.45) is 0 Å². The molecule has 1 aliphatic rings. The van der Waals surface area contributed by atoms with Crippen LogP contribution < -0.4 is 20.0 Å². The molecule has 0 bridgehead atoms. The fraction of sp³-hybridized carbons (Fsp3) is 0.318. The van der Waals surface area contributed by atoms with E-state index in [9.17, 15) is 4.79 Å². The number of ether oxygens (including phenoxy) is 2. The van der Waals surface area contributed by atoms with Crippen molar-refractivity contribution in [3.8, 4) is 11.5 Å². The second kappa shape index (κ2) is 7.94. The van der Waals surface area contributed by atoms with Crippen LogP contribution in [0, 0.1) is 0 Å². The summed E-state index contributed by atoms with van der Waals surface area (Å²) >= 11 is 0. The lowest BCUT2D eigenvalue weighted by Gasteiger charge is -2.36. The molecular weight excluding hydrogens is 356 g/mol. The SMILES string of the molecule is COc1ccc(N2CCN(Cc3cc(=O)oc4cc(OC)ccc34)CC2)cc1. The van der Waals surface area contributed by atoms with Gasteiger partial charge in [-0.1, -0.05) is 0 Å². The van der Waals surface area contributed by atoms with E-state index >= 15 is 0 Å². The van der Waals surface area contributed by atoms with Crippen LogP contribution in [-0.2, 0) is 6.54 Å². The van der Waals surface area contributed by atoms with Crippen LogP contribution in [0.5, 0.6) is 11.5 Å². The lowest BCUT2D eigenvalue weighted by molar-refractivity contribution is 0.250. The standard InChI is InChI=1S/C22H24N2O4/c1-26-18-5-3-17(4-6-18)24-11-9-23(10-12-24)15-16-13-22(25)28-21-14-19(27-2)7-8-20(16)21/h3-8,13-14H,9-12,15H2,1-2H3. The first-order valence-electron chi connectivity index (χ1n) is 9.38. The lowest BCUT2D eigenvalue weighted by Crippen LogP contribution is -2.46. The quantitative estimate of drug-likeness (QED) is 0.634. The van der Waals surface area contributed by atoms with Crippen molar-refractivity contribution in [2.75, 3.05) is 45.3 Å². The monoisotopic (exact) mass is 380 g/mol. The zero-order valence-electron chi connectivity index (χ0n) is 16.2. The molecule has 0 radical (unpaired) electrons. The van der Waals surface area contributed by atoms with Gasteiger partial charge in [-0.2, -0.15) is 0 Å². The van der Waals surface area contributed by atoms with E-state index in [0.717, 1.165) is 49.4 Å². The molecule has 146 valence electrons. The van der Waals surface area contributed by atoms with Gasteiger partial charge in [0.2, 0.25) is 0 Å². The fourth-order valence-electron chi connectivity index (χ4n) is 3.67. The maximum absolute atomic E-state index is 12.0. The van der Waals surface area contributed by atoms with Crippen LogP contribution in [0.2, 0.25) is 0 Å². The fourth-order valence-corrected chi connectivity index (χ4v) is 3.67. The van der Waals surface area contributed by atoms with Crippen molar-refractivity contribution in [3.05, 3.63) is 64.5 Å². The molecule has 6 nitrogen and oxygen atoms in total. The predicted octanol–water partition coefficient (Wildman–Crippen LogP) is 3.13. The molecule has 28 heavy (non-hydrogen) atoms. The third kappa shape index (κ3) is 3.82. The zero-order valence-corrected chi connectivity index (χ0v) is 16.2. The first-order chi connectivity index (χ1) is 13.7. The van der Waals surface area contributed by atoms with Crippen LogP contribution in [-0.4, -0.2) is 45.3 Å².